The predicted octanol–water partition coefficient (Wildman–Crippen LogP) is 2.52. The Morgan fingerprint density at radius 2 is 2.14 bits per heavy atom. The van der Waals surface area contributed by atoms with Crippen LogP contribution >= 0.6 is 0 Å². The molecule has 0 radical (unpaired) electrons. The normalized spacial score (nSPS) is 11.5. The topological polar surface area (TPSA) is 79.7 Å². The van der Waals surface area contributed by atoms with Crippen molar-refractivity contribution in [3.63, 3.8) is 0 Å². The maximum Gasteiger partial charge on any atom is 0.202 e. The quantitative estimate of drug-likeness (QED) is 0.800. The van der Waals surface area contributed by atoms with Crippen LogP contribution in [0, 0.1) is 6.92 Å². The largest absolute Gasteiger partial charge is 0.507 e. The van der Waals surface area contributed by atoms with Gasteiger partial charge in [0.05, 0.1) is 16.5 Å². The van der Waals surface area contributed by atoms with Gasteiger partial charge >= 0.3 is 0 Å². The molecular formula is C16H16N2O4. The SMILES string of the molecule is Cc1cc(O)c(CN(C)C)c2occ(-c3ccon3)c(=O)c12. The van der Waals surface area contributed by atoms with Gasteiger partial charge in [0.1, 0.15) is 29.6 Å². The third kappa shape index (κ3) is 2.27. The Labute approximate surface area is 126 Å². The monoisotopic (exact) mass is 300 g/mol. The van der Waals surface area contributed by atoms with Crippen molar-refractivity contribution in [3.8, 4) is 17.0 Å². The van der Waals surface area contributed by atoms with Gasteiger partial charge in [-0.25, -0.2) is 0 Å². The zero-order chi connectivity index (χ0) is 15.9. The van der Waals surface area contributed by atoms with Crippen LogP contribution < -0.4 is 5.43 Å². The highest BCUT2D eigenvalue weighted by atomic mass is 16.5. The van der Waals surface area contributed by atoms with Crippen molar-refractivity contribution in [2.24, 2.45) is 0 Å². The fourth-order valence-electron chi connectivity index (χ4n) is 2.53. The molecule has 0 spiro atoms. The molecule has 1 N–H and O–H groups in total. The van der Waals surface area contributed by atoms with Crippen molar-refractivity contribution >= 4 is 11.0 Å². The average Bonchev–Trinajstić information content (AvgIpc) is 2.96. The highest BCUT2D eigenvalue weighted by Gasteiger charge is 2.18. The second-order valence-electron chi connectivity index (χ2n) is 5.50. The van der Waals surface area contributed by atoms with Gasteiger partial charge < -0.3 is 18.9 Å². The fourth-order valence-corrected chi connectivity index (χ4v) is 2.53. The second kappa shape index (κ2) is 5.31. The van der Waals surface area contributed by atoms with Crippen LogP contribution in [0.1, 0.15) is 11.1 Å². The lowest BCUT2D eigenvalue weighted by Gasteiger charge is -2.14. The standard InChI is InChI=1S/C16H16N2O4/c1-9-6-13(19)10(7-18(2)3)16-14(9)15(20)11(8-21-16)12-4-5-22-17-12/h4-6,8,19H,7H2,1-3H3. The minimum Gasteiger partial charge on any atom is -0.507 e. The number of fused-ring (bicyclic) bond motifs is 1. The molecule has 0 aliphatic rings. The van der Waals surface area contributed by atoms with E-state index in [0.717, 1.165) is 0 Å². The second-order valence-corrected chi connectivity index (χ2v) is 5.50. The first-order chi connectivity index (χ1) is 10.5. The van der Waals surface area contributed by atoms with Gasteiger partial charge in [0.2, 0.25) is 5.43 Å². The molecular weight excluding hydrogens is 284 g/mol. The minimum absolute atomic E-state index is 0.121. The molecule has 0 bridgehead atoms. The van der Waals surface area contributed by atoms with Gasteiger partial charge in [-0.3, -0.25) is 4.79 Å². The molecule has 0 aliphatic carbocycles. The van der Waals surface area contributed by atoms with Gasteiger partial charge in [-0.15, -0.1) is 0 Å². The van der Waals surface area contributed by atoms with E-state index in [1.807, 2.05) is 19.0 Å². The average molecular weight is 300 g/mol. The number of phenols is 1. The Balaban J connectivity index is 2.34. The van der Waals surface area contributed by atoms with Crippen LogP contribution in [0.2, 0.25) is 0 Å². The predicted molar refractivity (Wildman–Crippen MR) is 81.8 cm³/mol. The third-order valence-corrected chi connectivity index (χ3v) is 3.51. The van der Waals surface area contributed by atoms with E-state index in [9.17, 15) is 9.90 Å². The first kappa shape index (κ1) is 14.3. The Kier molecular flexibility index (Phi) is 3.46. The van der Waals surface area contributed by atoms with Crippen LogP contribution in [0.4, 0.5) is 0 Å². The molecule has 6 heteroatoms. The molecule has 3 rings (SSSR count). The number of hydrogen-bond acceptors (Lipinski definition) is 6. The van der Waals surface area contributed by atoms with E-state index in [-0.39, 0.29) is 11.2 Å². The summed E-state index contributed by atoms with van der Waals surface area (Å²) >= 11 is 0. The fraction of sp³-hybridized carbons (Fsp3) is 0.250. The van der Waals surface area contributed by atoms with Crippen molar-refractivity contribution in [2.45, 2.75) is 13.5 Å². The highest BCUT2D eigenvalue weighted by Crippen LogP contribution is 2.31. The van der Waals surface area contributed by atoms with E-state index in [2.05, 4.69) is 5.16 Å². The zero-order valence-electron chi connectivity index (χ0n) is 12.6. The van der Waals surface area contributed by atoms with Crippen LogP contribution in [0.25, 0.3) is 22.2 Å². The molecule has 2 aromatic heterocycles. The summed E-state index contributed by atoms with van der Waals surface area (Å²) in [5, 5.41) is 14.4. The maximum absolute atomic E-state index is 12.8. The number of aromatic hydroxyl groups is 1. The van der Waals surface area contributed by atoms with Gasteiger partial charge in [0, 0.05) is 12.6 Å². The molecule has 0 saturated carbocycles. The molecule has 6 nitrogen and oxygen atoms in total. The zero-order valence-corrected chi connectivity index (χ0v) is 12.6. The Hall–Kier alpha value is -2.60. The molecule has 0 aliphatic heterocycles. The van der Waals surface area contributed by atoms with Crippen LogP contribution in [-0.2, 0) is 6.54 Å². The smallest absolute Gasteiger partial charge is 0.202 e. The van der Waals surface area contributed by atoms with E-state index in [1.165, 1.54) is 12.5 Å². The van der Waals surface area contributed by atoms with Gasteiger partial charge in [0.25, 0.3) is 0 Å². The van der Waals surface area contributed by atoms with Crippen LogP contribution in [-0.4, -0.2) is 29.3 Å². The summed E-state index contributed by atoms with van der Waals surface area (Å²) in [6.07, 6.45) is 2.76. The first-order valence-corrected chi connectivity index (χ1v) is 6.81. The summed E-state index contributed by atoms with van der Waals surface area (Å²) in [5.41, 5.74) is 2.24. The summed E-state index contributed by atoms with van der Waals surface area (Å²) in [4.78, 5) is 14.7. The molecule has 0 amide bonds. The van der Waals surface area contributed by atoms with E-state index in [4.69, 9.17) is 8.94 Å². The highest BCUT2D eigenvalue weighted by molar-refractivity contribution is 5.88. The molecule has 0 unspecified atom stereocenters. The lowest BCUT2D eigenvalue weighted by Crippen LogP contribution is -2.13. The van der Waals surface area contributed by atoms with Gasteiger partial charge in [0.15, 0.2) is 0 Å². The molecule has 1 aromatic carbocycles. The molecule has 114 valence electrons. The number of phenolic OH excluding ortho intramolecular Hbond substituents is 1. The van der Waals surface area contributed by atoms with Crippen LogP contribution in [0.15, 0.2) is 38.4 Å². The summed E-state index contributed by atoms with van der Waals surface area (Å²) in [6, 6.07) is 3.19. The summed E-state index contributed by atoms with van der Waals surface area (Å²) < 4.78 is 10.5. The lowest BCUT2D eigenvalue weighted by atomic mass is 10.0. The molecule has 0 atom stereocenters. The number of aryl methyl sites for hydroxylation is 1. The van der Waals surface area contributed by atoms with Gasteiger partial charge in [-0.2, -0.15) is 0 Å². The van der Waals surface area contributed by atoms with Crippen molar-refractivity contribution in [3.05, 3.63) is 46.0 Å². The maximum atomic E-state index is 12.8. The number of rotatable bonds is 3. The van der Waals surface area contributed by atoms with Crippen molar-refractivity contribution in [2.75, 3.05) is 14.1 Å². The molecule has 0 saturated heterocycles. The van der Waals surface area contributed by atoms with E-state index in [1.54, 1.807) is 19.1 Å². The summed E-state index contributed by atoms with van der Waals surface area (Å²) in [5.74, 6) is 0.121. The van der Waals surface area contributed by atoms with Gasteiger partial charge in [-0.05, 0) is 32.6 Å². The molecule has 22 heavy (non-hydrogen) atoms. The first-order valence-electron chi connectivity index (χ1n) is 6.81. The minimum atomic E-state index is -0.187. The lowest BCUT2D eigenvalue weighted by molar-refractivity contribution is 0.384. The number of nitrogens with zero attached hydrogens (tertiary/aromatic N) is 2. The summed E-state index contributed by atoms with van der Waals surface area (Å²) in [7, 11) is 3.76. The number of aromatic nitrogens is 1. The van der Waals surface area contributed by atoms with Crippen molar-refractivity contribution in [1.29, 1.82) is 0 Å². The van der Waals surface area contributed by atoms with E-state index in [0.29, 0.717) is 39.9 Å². The Morgan fingerprint density at radius 3 is 2.77 bits per heavy atom. The van der Waals surface area contributed by atoms with Crippen LogP contribution in [0.5, 0.6) is 5.75 Å². The number of hydrogen-bond donors (Lipinski definition) is 1. The molecule has 3 aromatic rings. The van der Waals surface area contributed by atoms with Crippen molar-refractivity contribution < 1.29 is 14.0 Å². The Bertz CT molecular complexity index is 879. The van der Waals surface area contributed by atoms with Gasteiger partial charge in [-0.1, -0.05) is 5.16 Å². The Morgan fingerprint density at radius 1 is 1.36 bits per heavy atom. The van der Waals surface area contributed by atoms with E-state index < -0.39 is 0 Å². The molecule has 0 fully saturated rings. The summed E-state index contributed by atoms with van der Waals surface area (Å²) in [6.45, 7) is 2.24. The molecule has 2 heterocycles. The van der Waals surface area contributed by atoms with E-state index >= 15 is 0 Å². The van der Waals surface area contributed by atoms with Crippen LogP contribution in [0.3, 0.4) is 0 Å². The van der Waals surface area contributed by atoms with Crippen molar-refractivity contribution in [1.82, 2.24) is 10.1 Å². The number of benzene rings is 1. The third-order valence-electron chi connectivity index (χ3n) is 3.51.